The Balaban J connectivity index is 2.12. The maximum atomic E-state index is 14.1. The summed E-state index contributed by atoms with van der Waals surface area (Å²) in [5, 5.41) is 3.33. The van der Waals surface area contributed by atoms with Gasteiger partial charge in [-0.3, -0.25) is 0 Å². The second kappa shape index (κ2) is 4.35. The summed E-state index contributed by atoms with van der Waals surface area (Å²) in [6.07, 6.45) is 0.896. The quantitative estimate of drug-likeness (QED) is 0.838. The lowest BCUT2D eigenvalue weighted by Gasteiger charge is -2.24. The normalized spacial score (nSPS) is 22.8. The minimum absolute atomic E-state index is 0.108. The Morgan fingerprint density at radius 2 is 2.18 bits per heavy atom. The molecule has 2 aliphatic rings. The molecule has 2 heterocycles. The van der Waals surface area contributed by atoms with Crippen LogP contribution in [0, 0.1) is 5.82 Å². The molecule has 1 atom stereocenters. The zero-order chi connectivity index (χ0) is 11.8. The Hall–Kier alpha value is -1.00. The van der Waals surface area contributed by atoms with Crippen LogP contribution in [-0.4, -0.2) is 26.3 Å². The van der Waals surface area contributed by atoms with Crippen molar-refractivity contribution in [3.63, 3.8) is 0 Å². The van der Waals surface area contributed by atoms with Gasteiger partial charge in [-0.15, -0.1) is 0 Å². The van der Waals surface area contributed by atoms with Gasteiger partial charge in [0.2, 0.25) is 0 Å². The summed E-state index contributed by atoms with van der Waals surface area (Å²) in [4.78, 5) is 0. The maximum absolute atomic E-state index is 14.1. The Kier molecular flexibility index (Phi) is 2.84. The van der Waals surface area contributed by atoms with E-state index in [-0.39, 0.29) is 16.8 Å². The van der Waals surface area contributed by atoms with Gasteiger partial charge in [0.05, 0.1) is 5.02 Å². The molecule has 0 spiro atoms. The molecule has 0 amide bonds. The van der Waals surface area contributed by atoms with E-state index in [9.17, 15) is 4.39 Å². The Labute approximate surface area is 104 Å². The molecule has 17 heavy (non-hydrogen) atoms. The fraction of sp³-hybridized carbons (Fsp3) is 0.500. The molecule has 1 unspecified atom stereocenters. The molecule has 92 valence electrons. The van der Waals surface area contributed by atoms with Gasteiger partial charge in [-0.1, -0.05) is 11.6 Å². The first-order chi connectivity index (χ1) is 8.27. The van der Waals surface area contributed by atoms with Crippen molar-refractivity contribution in [1.82, 2.24) is 5.32 Å². The summed E-state index contributed by atoms with van der Waals surface area (Å²) < 4.78 is 25.2. The van der Waals surface area contributed by atoms with Gasteiger partial charge in [0.25, 0.3) is 0 Å². The molecule has 2 aliphatic heterocycles. The number of rotatable bonds is 1. The van der Waals surface area contributed by atoms with Crippen molar-refractivity contribution in [3.05, 3.63) is 22.5 Å². The summed E-state index contributed by atoms with van der Waals surface area (Å²) in [5.41, 5.74) is 0.567. The lowest BCUT2D eigenvalue weighted by Crippen LogP contribution is -2.19. The molecular weight excluding hydrogens is 245 g/mol. The molecule has 0 aliphatic carbocycles. The van der Waals surface area contributed by atoms with Crippen molar-refractivity contribution in [1.29, 1.82) is 0 Å². The Morgan fingerprint density at radius 1 is 1.35 bits per heavy atom. The smallest absolute Gasteiger partial charge is 0.167 e. The maximum Gasteiger partial charge on any atom is 0.167 e. The van der Waals surface area contributed by atoms with Gasteiger partial charge in [0.1, 0.15) is 19.0 Å². The van der Waals surface area contributed by atoms with Crippen molar-refractivity contribution >= 4 is 11.6 Å². The molecule has 0 aromatic heterocycles. The zero-order valence-electron chi connectivity index (χ0n) is 9.26. The highest BCUT2D eigenvalue weighted by Gasteiger charge is 2.29. The standard InChI is InChI=1S/C12H13ClFNO2/c13-8-5-9-12(17-4-3-16-9)10(11(8)14)7-1-2-15-6-7/h5,7,15H,1-4,6H2. The van der Waals surface area contributed by atoms with Gasteiger partial charge in [-0.25, -0.2) is 4.39 Å². The highest BCUT2D eigenvalue weighted by atomic mass is 35.5. The van der Waals surface area contributed by atoms with Gasteiger partial charge in [-0.05, 0) is 13.0 Å². The highest BCUT2D eigenvalue weighted by Crippen LogP contribution is 2.44. The van der Waals surface area contributed by atoms with Crippen LogP contribution >= 0.6 is 11.6 Å². The second-order valence-electron chi connectivity index (χ2n) is 4.30. The molecule has 0 saturated carbocycles. The fourth-order valence-electron chi connectivity index (χ4n) is 2.42. The predicted octanol–water partition coefficient (Wildman–Crippen LogP) is 2.33. The van der Waals surface area contributed by atoms with Crippen LogP contribution in [0.15, 0.2) is 6.07 Å². The van der Waals surface area contributed by atoms with Gasteiger partial charge in [-0.2, -0.15) is 0 Å². The van der Waals surface area contributed by atoms with Gasteiger partial charge >= 0.3 is 0 Å². The van der Waals surface area contributed by atoms with E-state index in [1.54, 1.807) is 0 Å². The van der Waals surface area contributed by atoms with E-state index in [1.165, 1.54) is 6.07 Å². The summed E-state index contributed by atoms with van der Waals surface area (Å²) in [6, 6.07) is 1.50. The molecule has 1 N–H and O–H groups in total. The lowest BCUT2D eigenvalue weighted by atomic mass is 9.96. The molecule has 0 bridgehead atoms. The third kappa shape index (κ3) is 1.85. The molecule has 1 saturated heterocycles. The van der Waals surface area contributed by atoms with Crippen LogP contribution in [-0.2, 0) is 0 Å². The number of hydrogen-bond donors (Lipinski definition) is 1. The largest absolute Gasteiger partial charge is 0.486 e. The molecule has 1 aromatic rings. The summed E-state index contributed by atoms with van der Waals surface area (Å²) in [6.45, 7) is 2.60. The van der Waals surface area contributed by atoms with E-state index in [1.807, 2.05) is 0 Å². The van der Waals surface area contributed by atoms with Crippen LogP contribution < -0.4 is 14.8 Å². The number of fused-ring (bicyclic) bond motifs is 1. The zero-order valence-corrected chi connectivity index (χ0v) is 10.0. The van der Waals surface area contributed by atoms with E-state index >= 15 is 0 Å². The van der Waals surface area contributed by atoms with Gasteiger partial charge in [0, 0.05) is 24.1 Å². The van der Waals surface area contributed by atoms with Crippen LogP contribution in [0.2, 0.25) is 5.02 Å². The van der Waals surface area contributed by atoms with Crippen molar-refractivity contribution in [2.24, 2.45) is 0 Å². The predicted molar refractivity (Wildman–Crippen MR) is 62.6 cm³/mol. The Morgan fingerprint density at radius 3 is 2.94 bits per heavy atom. The average molecular weight is 258 g/mol. The first-order valence-corrected chi connectivity index (χ1v) is 6.13. The lowest BCUT2D eigenvalue weighted by molar-refractivity contribution is 0.168. The van der Waals surface area contributed by atoms with Gasteiger partial charge in [0.15, 0.2) is 11.5 Å². The van der Waals surface area contributed by atoms with Crippen molar-refractivity contribution in [2.75, 3.05) is 26.3 Å². The SMILES string of the molecule is Fc1c(Cl)cc2c(c1C1CCNC1)OCCO2. The number of benzene rings is 1. The first kappa shape index (κ1) is 11.1. The Bertz CT molecular complexity index is 447. The number of nitrogens with one attached hydrogen (secondary N) is 1. The molecule has 0 radical (unpaired) electrons. The number of ether oxygens (including phenoxy) is 2. The summed E-state index contributed by atoms with van der Waals surface area (Å²) >= 11 is 5.90. The van der Waals surface area contributed by atoms with E-state index in [0.717, 1.165) is 19.5 Å². The third-order valence-electron chi connectivity index (χ3n) is 3.23. The molecule has 3 rings (SSSR count). The van der Waals surface area contributed by atoms with E-state index < -0.39 is 0 Å². The topological polar surface area (TPSA) is 30.5 Å². The monoisotopic (exact) mass is 257 g/mol. The molecule has 1 aromatic carbocycles. The highest BCUT2D eigenvalue weighted by molar-refractivity contribution is 6.31. The van der Waals surface area contributed by atoms with Gasteiger partial charge < -0.3 is 14.8 Å². The molecule has 3 nitrogen and oxygen atoms in total. The van der Waals surface area contributed by atoms with Crippen LogP contribution in [0.1, 0.15) is 17.9 Å². The summed E-state index contributed by atoms with van der Waals surface area (Å²) in [5.74, 6) is 0.838. The minimum atomic E-state index is -0.371. The summed E-state index contributed by atoms with van der Waals surface area (Å²) in [7, 11) is 0. The molecular formula is C12H13ClFNO2. The van der Waals surface area contributed by atoms with E-state index in [0.29, 0.717) is 30.3 Å². The van der Waals surface area contributed by atoms with Crippen LogP contribution in [0.25, 0.3) is 0 Å². The van der Waals surface area contributed by atoms with Crippen LogP contribution in [0.5, 0.6) is 11.5 Å². The van der Waals surface area contributed by atoms with E-state index in [4.69, 9.17) is 21.1 Å². The average Bonchev–Trinajstić information content (AvgIpc) is 2.84. The number of hydrogen-bond acceptors (Lipinski definition) is 3. The van der Waals surface area contributed by atoms with Crippen molar-refractivity contribution < 1.29 is 13.9 Å². The minimum Gasteiger partial charge on any atom is -0.486 e. The number of halogens is 2. The van der Waals surface area contributed by atoms with Crippen molar-refractivity contribution in [2.45, 2.75) is 12.3 Å². The van der Waals surface area contributed by atoms with Crippen molar-refractivity contribution in [3.8, 4) is 11.5 Å². The van der Waals surface area contributed by atoms with E-state index in [2.05, 4.69) is 5.32 Å². The second-order valence-corrected chi connectivity index (χ2v) is 4.71. The van der Waals surface area contributed by atoms with Crippen LogP contribution in [0.3, 0.4) is 0 Å². The third-order valence-corrected chi connectivity index (χ3v) is 3.50. The molecule has 5 heteroatoms. The fourth-order valence-corrected chi connectivity index (χ4v) is 2.62. The first-order valence-electron chi connectivity index (χ1n) is 5.75. The van der Waals surface area contributed by atoms with Crippen LogP contribution in [0.4, 0.5) is 4.39 Å². The molecule has 1 fully saturated rings.